The van der Waals surface area contributed by atoms with E-state index in [1.54, 1.807) is 11.8 Å². The van der Waals surface area contributed by atoms with Crippen molar-refractivity contribution in [3.63, 3.8) is 0 Å². The summed E-state index contributed by atoms with van der Waals surface area (Å²) in [4.78, 5) is 40.3. The third kappa shape index (κ3) is 3.47. The highest BCUT2D eigenvalue weighted by Crippen LogP contribution is 2.33. The molecule has 3 saturated heterocycles. The van der Waals surface area contributed by atoms with E-state index in [2.05, 4.69) is 5.32 Å². The summed E-state index contributed by atoms with van der Waals surface area (Å²) in [6.07, 6.45) is 1.44. The monoisotopic (exact) mass is 409 g/mol. The standard InChI is InChI=1S/C19H21F2N3O3S/c20-14-2-1-13(15(21)8-14)11-23-9-12(7-16(23)25)10-24-17(26)19(22-18(24)27)3-5-28-6-4-19/h1-2,8,12H,3-7,9-11H2,(H,22,27). The molecule has 0 bridgehead atoms. The van der Waals surface area contributed by atoms with Crippen LogP contribution in [-0.4, -0.2) is 57.8 Å². The summed E-state index contributed by atoms with van der Waals surface area (Å²) in [5.74, 6) is -0.253. The van der Waals surface area contributed by atoms with E-state index in [4.69, 9.17) is 0 Å². The zero-order valence-corrected chi connectivity index (χ0v) is 16.1. The number of hydrogen-bond donors (Lipinski definition) is 1. The molecule has 0 aromatic heterocycles. The molecule has 9 heteroatoms. The van der Waals surface area contributed by atoms with Gasteiger partial charge in [0.05, 0.1) is 0 Å². The van der Waals surface area contributed by atoms with Gasteiger partial charge in [-0.3, -0.25) is 14.5 Å². The van der Waals surface area contributed by atoms with E-state index < -0.39 is 23.2 Å². The normalized spacial score (nSPS) is 24.4. The van der Waals surface area contributed by atoms with Gasteiger partial charge in [-0.2, -0.15) is 11.8 Å². The van der Waals surface area contributed by atoms with Gasteiger partial charge in [0.2, 0.25) is 5.91 Å². The van der Waals surface area contributed by atoms with Crippen molar-refractivity contribution >= 4 is 29.6 Å². The number of halogens is 2. The minimum absolute atomic E-state index is 0.0444. The summed E-state index contributed by atoms with van der Waals surface area (Å²) in [7, 11) is 0. The average molecular weight is 409 g/mol. The van der Waals surface area contributed by atoms with Gasteiger partial charge in [-0.15, -0.1) is 0 Å². The molecule has 1 unspecified atom stereocenters. The van der Waals surface area contributed by atoms with E-state index in [1.165, 1.54) is 15.9 Å². The number of rotatable bonds is 4. The van der Waals surface area contributed by atoms with Crippen LogP contribution in [0.4, 0.5) is 13.6 Å². The molecule has 1 atom stereocenters. The number of carbonyl (C=O) groups excluding carboxylic acids is 3. The van der Waals surface area contributed by atoms with Gasteiger partial charge in [0.1, 0.15) is 17.2 Å². The molecule has 150 valence electrons. The molecule has 3 aliphatic heterocycles. The van der Waals surface area contributed by atoms with Crippen LogP contribution in [-0.2, 0) is 16.1 Å². The molecule has 0 aliphatic carbocycles. The minimum atomic E-state index is -0.790. The van der Waals surface area contributed by atoms with Crippen LogP contribution in [0.1, 0.15) is 24.8 Å². The number of amides is 4. The SMILES string of the molecule is O=C1CC(CN2C(=O)NC3(CCSCC3)C2=O)CN1Cc1ccc(F)cc1F. The van der Waals surface area contributed by atoms with Crippen LogP contribution in [0.5, 0.6) is 0 Å². The first kappa shape index (κ1) is 19.2. The lowest BCUT2D eigenvalue weighted by Crippen LogP contribution is -2.49. The lowest BCUT2D eigenvalue weighted by Gasteiger charge is -2.30. The number of likely N-dealkylation sites (tertiary alicyclic amines) is 1. The Kier molecular flexibility index (Phi) is 5.03. The molecule has 4 amide bonds. The first-order valence-corrected chi connectivity index (χ1v) is 10.5. The Morgan fingerprint density at radius 1 is 1.18 bits per heavy atom. The van der Waals surface area contributed by atoms with Crippen molar-refractivity contribution in [2.24, 2.45) is 5.92 Å². The lowest BCUT2D eigenvalue weighted by atomic mass is 9.92. The molecule has 3 aliphatic rings. The van der Waals surface area contributed by atoms with Gasteiger partial charge < -0.3 is 10.2 Å². The number of thioether (sulfide) groups is 1. The topological polar surface area (TPSA) is 69.7 Å². The largest absolute Gasteiger partial charge is 0.338 e. The predicted octanol–water partition coefficient (Wildman–Crippen LogP) is 2.13. The van der Waals surface area contributed by atoms with Crippen LogP contribution in [0.3, 0.4) is 0 Å². The number of nitrogens with one attached hydrogen (secondary N) is 1. The number of nitrogens with zero attached hydrogens (tertiary/aromatic N) is 2. The molecule has 28 heavy (non-hydrogen) atoms. The van der Waals surface area contributed by atoms with E-state index in [0.29, 0.717) is 19.4 Å². The Labute approximate surface area is 165 Å². The maximum atomic E-state index is 13.9. The number of imide groups is 1. The van der Waals surface area contributed by atoms with Gasteiger partial charge in [0, 0.05) is 43.6 Å². The van der Waals surface area contributed by atoms with Gasteiger partial charge in [-0.05, 0) is 30.4 Å². The zero-order valence-electron chi connectivity index (χ0n) is 15.2. The van der Waals surface area contributed by atoms with Crippen LogP contribution in [0.15, 0.2) is 18.2 Å². The van der Waals surface area contributed by atoms with Crippen molar-refractivity contribution in [2.75, 3.05) is 24.6 Å². The fourth-order valence-corrected chi connectivity index (χ4v) is 5.33. The number of hydrogen-bond acceptors (Lipinski definition) is 4. The third-order valence-electron chi connectivity index (χ3n) is 5.70. The molecule has 0 saturated carbocycles. The maximum Gasteiger partial charge on any atom is 0.325 e. The van der Waals surface area contributed by atoms with E-state index in [1.807, 2.05) is 0 Å². The second-order valence-electron chi connectivity index (χ2n) is 7.62. The molecular weight excluding hydrogens is 388 g/mol. The third-order valence-corrected chi connectivity index (χ3v) is 6.69. The highest BCUT2D eigenvalue weighted by molar-refractivity contribution is 7.99. The Bertz CT molecular complexity index is 829. The predicted molar refractivity (Wildman–Crippen MR) is 99.4 cm³/mol. The Morgan fingerprint density at radius 2 is 1.93 bits per heavy atom. The zero-order chi connectivity index (χ0) is 19.9. The average Bonchev–Trinajstić information content (AvgIpc) is 3.10. The number of benzene rings is 1. The maximum absolute atomic E-state index is 13.9. The van der Waals surface area contributed by atoms with E-state index >= 15 is 0 Å². The summed E-state index contributed by atoms with van der Waals surface area (Å²) < 4.78 is 26.9. The summed E-state index contributed by atoms with van der Waals surface area (Å²) in [6.45, 7) is 0.548. The first-order chi connectivity index (χ1) is 13.4. The summed E-state index contributed by atoms with van der Waals surface area (Å²) >= 11 is 1.77. The molecule has 1 N–H and O–H groups in total. The van der Waals surface area contributed by atoms with E-state index in [9.17, 15) is 23.2 Å². The van der Waals surface area contributed by atoms with Gasteiger partial charge >= 0.3 is 6.03 Å². The Hall–Kier alpha value is -2.16. The van der Waals surface area contributed by atoms with Gasteiger partial charge in [-0.25, -0.2) is 13.6 Å². The van der Waals surface area contributed by atoms with Crippen molar-refractivity contribution < 1.29 is 23.2 Å². The quantitative estimate of drug-likeness (QED) is 0.774. The van der Waals surface area contributed by atoms with Gasteiger partial charge in [0.15, 0.2) is 0 Å². The van der Waals surface area contributed by atoms with Crippen molar-refractivity contribution in [1.29, 1.82) is 0 Å². The van der Waals surface area contributed by atoms with Crippen LogP contribution in [0.2, 0.25) is 0 Å². The van der Waals surface area contributed by atoms with Crippen molar-refractivity contribution in [3.8, 4) is 0 Å². The number of urea groups is 1. The smallest absolute Gasteiger partial charge is 0.325 e. The highest BCUT2D eigenvalue weighted by atomic mass is 32.2. The second kappa shape index (κ2) is 7.35. The molecule has 1 aromatic rings. The summed E-state index contributed by atoms with van der Waals surface area (Å²) in [6, 6.07) is 2.88. The molecular formula is C19H21F2N3O3S. The van der Waals surface area contributed by atoms with Gasteiger partial charge in [-0.1, -0.05) is 6.07 Å². The molecule has 6 nitrogen and oxygen atoms in total. The molecule has 4 rings (SSSR count). The fourth-order valence-electron chi connectivity index (χ4n) is 4.14. The lowest BCUT2D eigenvalue weighted by molar-refractivity contribution is -0.132. The summed E-state index contributed by atoms with van der Waals surface area (Å²) in [5.41, 5.74) is -0.550. The molecule has 1 spiro atoms. The van der Waals surface area contributed by atoms with E-state index in [-0.39, 0.29) is 42.8 Å². The molecule has 3 heterocycles. The van der Waals surface area contributed by atoms with Crippen molar-refractivity contribution in [3.05, 3.63) is 35.4 Å². The second-order valence-corrected chi connectivity index (χ2v) is 8.85. The molecule has 0 radical (unpaired) electrons. The highest BCUT2D eigenvalue weighted by Gasteiger charge is 2.52. The van der Waals surface area contributed by atoms with Crippen LogP contribution in [0, 0.1) is 17.6 Å². The summed E-state index contributed by atoms with van der Waals surface area (Å²) in [5, 5.41) is 2.86. The molecule has 3 fully saturated rings. The van der Waals surface area contributed by atoms with Crippen LogP contribution in [0.25, 0.3) is 0 Å². The Balaban J connectivity index is 1.40. The molecule has 1 aromatic carbocycles. The van der Waals surface area contributed by atoms with Crippen LogP contribution >= 0.6 is 11.8 Å². The fraction of sp³-hybridized carbons (Fsp3) is 0.526. The number of carbonyl (C=O) groups is 3. The first-order valence-electron chi connectivity index (χ1n) is 9.31. The van der Waals surface area contributed by atoms with Crippen molar-refractivity contribution in [1.82, 2.24) is 15.1 Å². The van der Waals surface area contributed by atoms with E-state index in [0.717, 1.165) is 23.6 Å². The Morgan fingerprint density at radius 3 is 2.64 bits per heavy atom. The minimum Gasteiger partial charge on any atom is -0.338 e. The van der Waals surface area contributed by atoms with Crippen LogP contribution < -0.4 is 5.32 Å². The van der Waals surface area contributed by atoms with Crippen molar-refractivity contribution in [2.45, 2.75) is 31.3 Å². The van der Waals surface area contributed by atoms with Gasteiger partial charge in [0.25, 0.3) is 5.91 Å².